The van der Waals surface area contributed by atoms with Crippen LogP contribution >= 0.6 is 0 Å². The average molecular weight is 395 g/mol. The van der Waals surface area contributed by atoms with Crippen LogP contribution < -0.4 is 5.32 Å². The number of anilines is 1. The molecule has 0 spiro atoms. The molecule has 5 nitrogen and oxygen atoms in total. The highest BCUT2D eigenvalue weighted by molar-refractivity contribution is 6.43. The number of Topliss-reactive ketones (excluding diaryl/α,β-unsaturated/α-hetero) is 1. The fourth-order valence-corrected chi connectivity index (χ4v) is 3.50. The second-order valence-electron chi connectivity index (χ2n) is 7.18. The maximum Gasteiger partial charge on any atom is 0.221 e. The molecule has 1 N–H and O–H groups in total. The van der Waals surface area contributed by atoms with Crippen molar-refractivity contribution < 1.29 is 9.59 Å². The van der Waals surface area contributed by atoms with Crippen molar-refractivity contribution in [1.29, 1.82) is 0 Å². The van der Waals surface area contributed by atoms with Crippen molar-refractivity contribution in [2.75, 3.05) is 5.32 Å². The molecule has 30 heavy (non-hydrogen) atoms. The molecule has 3 aromatic rings. The molecule has 1 atom stereocenters. The molecule has 1 unspecified atom stereocenters. The summed E-state index contributed by atoms with van der Waals surface area (Å²) in [5.41, 5.74) is 5.22. The van der Waals surface area contributed by atoms with Crippen molar-refractivity contribution >= 4 is 23.1 Å². The highest BCUT2D eigenvalue weighted by atomic mass is 16.1. The molecule has 2 heterocycles. The summed E-state index contributed by atoms with van der Waals surface area (Å²) >= 11 is 0. The van der Waals surface area contributed by atoms with E-state index in [-0.39, 0.29) is 17.6 Å². The first-order valence-corrected chi connectivity index (χ1v) is 9.74. The number of aromatic nitrogens is 1. The van der Waals surface area contributed by atoms with Crippen LogP contribution in [-0.4, -0.2) is 22.4 Å². The number of nitrogens with zero attached hydrogens (tertiary/aromatic N) is 2. The molecule has 4 rings (SSSR count). The SMILES string of the molecule is CC(=O)Nc1ccc(-c2cccc(C3C=CN=C(Cc4cccnc4)C3=O)c2)cc1. The molecule has 0 saturated heterocycles. The molecular weight excluding hydrogens is 374 g/mol. The minimum absolute atomic E-state index is 0.0134. The quantitative estimate of drug-likeness (QED) is 0.688. The summed E-state index contributed by atoms with van der Waals surface area (Å²) in [6.07, 6.45) is 7.50. The summed E-state index contributed by atoms with van der Waals surface area (Å²) in [5.74, 6) is -0.441. The van der Waals surface area contributed by atoms with E-state index in [4.69, 9.17) is 0 Å². The van der Waals surface area contributed by atoms with Gasteiger partial charge in [0.1, 0.15) is 0 Å². The lowest BCUT2D eigenvalue weighted by atomic mass is 9.87. The summed E-state index contributed by atoms with van der Waals surface area (Å²) < 4.78 is 0. The molecule has 2 aromatic carbocycles. The van der Waals surface area contributed by atoms with Gasteiger partial charge in [0.05, 0.1) is 11.6 Å². The first kappa shape index (κ1) is 19.5. The van der Waals surface area contributed by atoms with Crippen LogP contribution in [-0.2, 0) is 16.0 Å². The number of carbonyl (C=O) groups excluding carboxylic acids is 2. The van der Waals surface area contributed by atoms with Crippen molar-refractivity contribution in [3.63, 3.8) is 0 Å². The minimum atomic E-state index is -0.354. The van der Waals surface area contributed by atoms with Crippen molar-refractivity contribution in [1.82, 2.24) is 4.98 Å². The molecule has 0 aliphatic carbocycles. The van der Waals surface area contributed by atoms with E-state index >= 15 is 0 Å². The van der Waals surface area contributed by atoms with Crippen molar-refractivity contribution in [2.45, 2.75) is 19.3 Å². The Labute approximate surface area is 175 Å². The number of hydrogen-bond donors (Lipinski definition) is 1. The van der Waals surface area contributed by atoms with Crippen LogP contribution in [0.1, 0.15) is 24.0 Å². The molecule has 0 bridgehead atoms. The van der Waals surface area contributed by atoms with Gasteiger partial charge in [-0.15, -0.1) is 0 Å². The molecule has 1 aliphatic rings. The normalized spacial score (nSPS) is 15.6. The van der Waals surface area contributed by atoms with Gasteiger partial charge < -0.3 is 5.32 Å². The topological polar surface area (TPSA) is 71.4 Å². The van der Waals surface area contributed by atoms with Crippen LogP contribution in [0.15, 0.2) is 90.3 Å². The number of nitrogens with one attached hydrogen (secondary N) is 1. The van der Waals surface area contributed by atoms with Crippen LogP contribution in [0.4, 0.5) is 5.69 Å². The zero-order chi connectivity index (χ0) is 20.9. The molecular formula is C25H21N3O2. The number of allylic oxidation sites excluding steroid dienone is 1. The van der Waals surface area contributed by atoms with Gasteiger partial charge in [-0.1, -0.05) is 48.5 Å². The Bertz CT molecular complexity index is 1130. The monoisotopic (exact) mass is 395 g/mol. The molecule has 0 fully saturated rings. The number of amides is 1. The van der Waals surface area contributed by atoms with E-state index in [0.717, 1.165) is 27.9 Å². The van der Waals surface area contributed by atoms with Crippen molar-refractivity contribution in [2.24, 2.45) is 4.99 Å². The van der Waals surface area contributed by atoms with Gasteiger partial charge in [-0.3, -0.25) is 19.6 Å². The van der Waals surface area contributed by atoms with Crippen LogP contribution in [0.2, 0.25) is 0 Å². The number of benzene rings is 2. The highest BCUT2D eigenvalue weighted by Crippen LogP contribution is 2.28. The van der Waals surface area contributed by atoms with Crippen molar-refractivity contribution in [3.05, 3.63) is 96.5 Å². The highest BCUT2D eigenvalue weighted by Gasteiger charge is 2.25. The van der Waals surface area contributed by atoms with E-state index in [1.165, 1.54) is 6.92 Å². The van der Waals surface area contributed by atoms with Gasteiger partial charge >= 0.3 is 0 Å². The van der Waals surface area contributed by atoms with Gasteiger partial charge in [-0.2, -0.15) is 0 Å². The fraction of sp³-hybridized carbons (Fsp3) is 0.120. The third-order valence-electron chi connectivity index (χ3n) is 4.95. The van der Waals surface area contributed by atoms with Gasteiger partial charge in [-0.05, 0) is 40.5 Å². The lowest BCUT2D eigenvalue weighted by Crippen LogP contribution is -2.25. The van der Waals surface area contributed by atoms with Gasteiger partial charge in [0.25, 0.3) is 0 Å². The third-order valence-corrected chi connectivity index (χ3v) is 4.95. The van der Waals surface area contributed by atoms with E-state index in [1.54, 1.807) is 18.6 Å². The molecule has 1 aliphatic heterocycles. The van der Waals surface area contributed by atoms with Gasteiger partial charge in [0.15, 0.2) is 5.78 Å². The minimum Gasteiger partial charge on any atom is -0.326 e. The number of ketones is 1. The third kappa shape index (κ3) is 4.41. The predicted octanol–water partition coefficient (Wildman–Crippen LogP) is 4.57. The Morgan fingerprint density at radius 3 is 2.60 bits per heavy atom. The standard InChI is InChI=1S/C25H21N3O2/c1-17(29)28-22-9-7-19(8-10-22)20-5-2-6-21(15-20)23-11-13-27-24(25(23)30)14-18-4-3-12-26-16-18/h2-13,15-16,23H,14H2,1H3,(H,28,29). The maximum absolute atomic E-state index is 13.1. The molecule has 0 saturated carbocycles. The molecule has 5 heteroatoms. The van der Waals surface area contributed by atoms with Crippen LogP contribution in [0, 0.1) is 0 Å². The lowest BCUT2D eigenvalue weighted by Gasteiger charge is -2.18. The van der Waals surface area contributed by atoms with E-state index in [2.05, 4.69) is 15.3 Å². The van der Waals surface area contributed by atoms with Crippen LogP contribution in [0.25, 0.3) is 11.1 Å². The summed E-state index contributed by atoms with van der Waals surface area (Å²) in [6.45, 7) is 1.48. The summed E-state index contributed by atoms with van der Waals surface area (Å²) in [6, 6.07) is 19.4. The number of pyridine rings is 1. The van der Waals surface area contributed by atoms with Crippen LogP contribution in [0.3, 0.4) is 0 Å². The van der Waals surface area contributed by atoms with Crippen LogP contribution in [0.5, 0.6) is 0 Å². The van der Waals surface area contributed by atoms with Gasteiger partial charge in [0, 0.05) is 37.6 Å². The molecule has 1 amide bonds. The number of aliphatic imine (C=N–C) groups is 1. The second-order valence-corrected chi connectivity index (χ2v) is 7.18. The second kappa shape index (κ2) is 8.66. The molecule has 148 valence electrons. The lowest BCUT2D eigenvalue weighted by molar-refractivity contribution is -0.114. The van der Waals surface area contributed by atoms with E-state index in [0.29, 0.717) is 12.1 Å². The maximum atomic E-state index is 13.1. The number of carbonyl (C=O) groups is 2. The summed E-state index contributed by atoms with van der Waals surface area (Å²) in [4.78, 5) is 32.7. The predicted molar refractivity (Wildman–Crippen MR) is 118 cm³/mol. The summed E-state index contributed by atoms with van der Waals surface area (Å²) in [7, 11) is 0. The smallest absolute Gasteiger partial charge is 0.221 e. The first-order valence-electron chi connectivity index (χ1n) is 9.74. The van der Waals surface area contributed by atoms with E-state index in [9.17, 15) is 9.59 Å². The van der Waals surface area contributed by atoms with Crippen molar-refractivity contribution in [3.8, 4) is 11.1 Å². The Hall–Kier alpha value is -3.86. The van der Waals surface area contributed by atoms with E-state index in [1.807, 2.05) is 66.7 Å². The summed E-state index contributed by atoms with van der Waals surface area (Å²) in [5, 5.41) is 2.77. The average Bonchev–Trinajstić information content (AvgIpc) is 2.76. The van der Waals surface area contributed by atoms with E-state index < -0.39 is 0 Å². The molecule has 0 radical (unpaired) electrons. The zero-order valence-electron chi connectivity index (χ0n) is 16.6. The number of hydrogen-bond acceptors (Lipinski definition) is 4. The van der Waals surface area contributed by atoms with Gasteiger partial charge in [0.2, 0.25) is 5.91 Å². The number of rotatable bonds is 5. The Balaban J connectivity index is 1.55. The first-order chi connectivity index (χ1) is 14.6. The Morgan fingerprint density at radius 2 is 1.87 bits per heavy atom. The fourth-order valence-electron chi connectivity index (χ4n) is 3.50. The Kier molecular flexibility index (Phi) is 5.61. The largest absolute Gasteiger partial charge is 0.326 e. The zero-order valence-corrected chi connectivity index (χ0v) is 16.6. The van der Waals surface area contributed by atoms with Gasteiger partial charge in [-0.25, -0.2) is 0 Å². The molecule has 1 aromatic heterocycles. The Morgan fingerprint density at radius 1 is 1.03 bits per heavy atom.